The largest absolute Gasteiger partial charge is 0.394 e. The minimum Gasteiger partial charge on any atom is -0.394 e. The molecule has 25 atom stereocenters. The van der Waals surface area contributed by atoms with E-state index < -0.39 is 187 Å². The molecule has 56 heavy (non-hydrogen) atoms. The molecule has 0 amide bonds. The molecule has 26 heteroatoms. The van der Waals surface area contributed by atoms with Crippen molar-refractivity contribution in [3.8, 4) is 0 Å². The number of hydrogen-bond acceptors (Lipinski definition) is 26. The topological polar surface area (TPSA) is 427 Å². The van der Waals surface area contributed by atoms with Gasteiger partial charge in [-0.15, -0.1) is 0 Å². The molecule has 5 fully saturated rings. The Hall–Kier alpha value is -1.04. The molecule has 0 bridgehead atoms. The lowest BCUT2D eigenvalue weighted by atomic mass is 9.95. The molecule has 5 heterocycles. The van der Waals surface area contributed by atoms with Crippen LogP contribution in [0.25, 0.3) is 0 Å². The summed E-state index contributed by atoms with van der Waals surface area (Å²) < 4.78 is 49.7. The van der Waals surface area contributed by atoms with E-state index in [1.807, 2.05) is 0 Å². The van der Waals surface area contributed by atoms with E-state index in [0.717, 1.165) is 0 Å². The van der Waals surface area contributed by atoms with Crippen molar-refractivity contribution in [1.29, 1.82) is 0 Å². The van der Waals surface area contributed by atoms with E-state index in [0.29, 0.717) is 0 Å². The van der Waals surface area contributed by atoms with Crippen LogP contribution in [0.5, 0.6) is 0 Å². The Morgan fingerprint density at radius 1 is 0.268 bits per heavy atom. The summed E-state index contributed by atoms with van der Waals surface area (Å²) in [6.07, 6.45) is -47.9. The molecule has 5 aliphatic heterocycles. The first-order valence-electron chi connectivity index (χ1n) is 17.6. The van der Waals surface area contributed by atoms with Crippen LogP contribution in [0.3, 0.4) is 0 Å². The Morgan fingerprint density at radius 3 is 1.02 bits per heavy atom. The number of rotatable bonds is 13. The lowest BCUT2D eigenvalue weighted by Crippen LogP contribution is -2.68. The van der Waals surface area contributed by atoms with Crippen LogP contribution >= 0.6 is 0 Å². The minimum absolute atomic E-state index is 0.850. The fourth-order valence-corrected chi connectivity index (χ4v) is 6.97. The van der Waals surface area contributed by atoms with Crippen LogP contribution in [0, 0.1) is 0 Å². The zero-order valence-electron chi connectivity index (χ0n) is 29.2. The molecule has 0 aliphatic carbocycles. The normalized spacial score (nSPS) is 53.2. The summed E-state index contributed by atoms with van der Waals surface area (Å²) in [7, 11) is 0. The van der Waals surface area contributed by atoms with Gasteiger partial charge in [0.15, 0.2) is 31.5 Å². The predicted octanol–water partition coefficient (Wildman–Crippen LogP) is -11.9. The maximum atomic E-state index is 11.3. The second-order valence-electron chi connectivity index (χ2n) is 13.9. The fourth-order valence-electron chi connectivity index (χ4n) is 6.97. The van der Waals surface area contributed by atoms with Gasteiger partial charge in [0.05, 0.1) is 33.0 Å². The highest BCUT2D eigenvalue weighted by Crippen LogP contribution is 2.36. The van der Waals surface area contributed by atoms with E-state index in [1.54, 1.807) is 0 Å². The van der Waals surface area contributed by atoms with Crippen LogP contribution in [0.2, 0.25) is 0 Å². The molecule has 0 spiro atoms. The summed E-state index contributed by atoms with van der Waals surface area (Å²) in [6.45, 7) is -4.64. The molecule has 5 saturated heterocycles. The lowest BCUT2D eigenvalue weighted by molar-refractivity contribution is -0.406. The van der Waals surface area contributed by atoms with Crippen molar-refractivity contribution in [1.82, 2.24) is 0 Å². The third-order valence-corrected chi connectivity index (χ3v) is 10.3. The highest BCUT2D eigenvalue weighted by atomic mass is 16.8. The van der Waals surface area contributed by atoms with Crippen LogP contribution < -0.4 is 0 Å². The van der Waals surface area contributed by atoms with Gasteiger partial charge in [0, 0.05) is 0 Å². The molecule has 0 aromatic rings. The average molecular weight is 829 g/mol. The molecule has 0 aromatic carbocycles. The van der Waals surface area contributed by atoms with E-state index in [2.05, 4.69) is 0 Å². The molecule has 0 unspecified atom stereocenters. The molecular formula is C30H52O26. The van der Waals surface area contributed by atoms with Gasteiger partial charge in [-0.2, -0.15) is 0 Å². The second kappa shape index (κ2) is 19.6. The van der Waals surface area contributed by atoms with Crippen molar-refractivity contribution in [2.24, 2.45) is 0 Å². The number of ether oxygens (including phenoxy) is 9. The van der Waals surface area contributed by atoms with Gasteiger partial charge in [-0.3, -0.25) is 0 Å². The van der Waals surface area contributed by atoms with Crippen molar-refractivity contribution in [3.63, 3.8) is 0 Å². The van der Waals surface area contributed by atoms with Crippen LogP contribution in [0.15, 0.2) is 0 Å². The van der Waals surface area contributed by atoms with E-state index in [4.69, 9.17) is 42.6 Å². The fraction of sp³-hybridized carbons (Fsp3) is 1.00. The van der Waals surface area contributed by atoms with Gasteiger partial charge in [-0.1, -0.05) is 0 Å². The van der Waals surface area contributed by atoms with E-state index in [1.165, 1.54) is 0 Å². The van der Waals surface area contributed by atoms with Gasteiger partial charge in [-0.25, -0.2) is 0 Å². The lowest BCUT2D eigenvalue weighted by Gasteiger charge is -2.50. The third-order valence-electron chi connectivity index (χ3n) is 10.3. The summed E-state index contributed by atoms with van der Waals surface area (Å²) in [4.78, 5) is 0. The van der Waals surface area contributed by atoms with Gasteiger partial charge in [0.2, 0.25) is 0 Å². The van der Waals surface area contributed by atoms with Crippen LogP contribution in [-0.2, 0) is 42.6 Å². The SMILES string of the molecule is OC[C@H]1O[C@H](O[C@@H]2[C@@H](O[C@@H]3[C@@H](O[C@@H]4[C@H](O)[C@@H](O[C@@H]5[C@H](O)[C@H](O)O[C@H](CO)[C@H]5O)O[C@H](CO)[C@H]4O)O[C@H](CO)[C@@H](O)[C@@H]3O)O[C@H](CO)[C@@H](O)[C@@H]2O)[C@@H](O)[C@@H](O)[C@@H]1O. The van der Waals surface area contributed by atoms with Crippen molar-refractivity contribution in [2.45, 2.75) is 154 Å². The first-order chi connectivity index (χ1) is 26.5. The number of hydrogen-bond donors (Lipinski definition) is 17. The summed E-state index contributed by atoms with van der Waals surface area (Å²) in [5.74, 6) is 0. The Balaban J connectivity index is 1.42. The Kier molecular flexibility index (Phi) is 16.1. The van der Waals surface area contributed by atoms with Gasteiger partial charge in [0.1, 0.15) is 122 Å². The maximum Gasteiger partial charge on any atom is 0.187 e. The summed E-state index contributed by atoms with van der Waals surface area (Å²) in [5, 5.41) is 177. The van der Waals surface area contributed by atoms with Crippen molar-refractivity contribution < 1.29 is 129 Å². The van der Waals surface area contributed by atoms with E-state index in [-0.39, 0.29) is 0 Å². The predicted molar refractivity (Wildman–Crippen MR) is 167 cm³/mol. The number of aliphatic hydroxyl groups excluding tert-OH is 17. The summed E-state index contributed by atoms with van der Waals surface area (Å²) in [6, 6.07) is 0. The first-order valence-corrected chi connectivity index (χ1v) is 17.6. The molecular weight excluding hydrogens is 776 g/mol. The van der Waals surface area contributed by atoms with Crippen LogP contribution in [0.1, 0.15) is 0 Å². The Labute approximate surface area is 316 Å². The third kappa shape index (κ3) is 9.16. The molecule has 26 nitrogen and oxygen atoms in total. The van der Waals surface area contributed by atoms with E-state index in [9.17, 15) is 86.8 Å². The van der Waals surface area contributed by atoms with Gasteiger partial charge in [-0.05, 0) is 0 Å². The molecule has 0 saturated carbocycles. The molecule has 0 radical (unpaired) electrons. The smallest absolute Gasteiger partial charge is 0.187 e. The minimum atomic E-state index is -2.16. The first kappa shape index (κ1) is 46.0. The van der Waals surface area contributed by atoms with Crippen molar-refractivity contribution >= 4 is 0 Å². The van der Waals surface area contributed by atoms with Crippen molar-refractivity contribution in [2.75, 3.05) is 33.0 Å². The second-order valence-corrected chi connectivity index (χ2v) is 13.9. The van der Waals surface area contributed by atoms with Crippen LogP contribution in [-0.4, -0.2) is 273 Å². The monoisotopic (exact) mass is 828 g/mol. The average Bonchev–Trinajstić information content (AvgIpc) is 3.19. The maximum absolute atomic E-state index is 11.3. The van der Waals surface area contributed by atoms with E-state index >= 15 is 0 Å². The Morgan fingerprint density at radius 2 is 0.571 bits per heavy atom. The summed E-state index contributed by atoms with van der Waals surface area (Å²) in [5.41, 5.74) is 0. The van der Waals surface area contributed by atoms with Crippen molar-refractivity contribution in [3.05, 3.63) is 0 Å². The quantitative estimate of drug-likeness (QED) is 0.0819. The standard InChI is InChI=1S/C30H52O26/c31-1-6-11(36)16(41)19(44)27(49-6)55-24-17(42)12(37)8(3-33)52-30(24)56-25-18(43)13(38)7(2-32)51-29(25)54-23-15(40)10(5-35)50-28(21(23)46)53-22-14(39)9(4-34)48-26(47)20(22)45/h6-47H,1-5H2/t6-,7-,8-,9-,10-,11-,12-,13-,14-,15-,16+,17+,18+,19+,20+,21+,22+,23+,24+,25+,26-,27-,28-,29-,30-/m1/s1. The highest BCUT2D eigenvalue weighted by molar-refractivity contribution is 4.99. The molecule has 0 aromatic heterocycles. The molecule has 17 N–H and O–H groups in total. The van der Waals surface area contributed by atoms with Gasteiger partial charge < -0.3 is 129 Å². The summed E-state index contributed by atoms with van der Waals surface area (Å²) >= 11 is 0. The van der Waals surface area contributed by atoms with Gasteiger partial charge in [0.25, 0.3) is 0 Å². The zero-order valence-corrected chi connectivity index (χ0v) is 29.2. The molecule has 328 valence electrons. The molecule has 5 aliphatic rings. The van der Waals surface area contributed by atoms with Gasteiger partial charge >= 0.3 is 0 Å². The molecule has 5 rings (SSSR count). The number of aliphatic hydroxyl groups is 17. The zero-order chi connectivity index (χ0) is 41.3. The highest BCUT2D eigenvalue weighted by Gasteiger charge is 2.57. The van der Waals surface area contributed by atoms with Crippen LogP contribution in [0.4, 0.5) is 0 Å². The Bertz CT molecular complexity index is 1210.